The van der Waals surface area contributed by atoms with Crippen LogP contribution in [0, 0.1) is 0 Å². The maximum atomic E-state index is 13.4. The number of aliphatic imine (C=N–C) groups is 1. The molecule has 0 unspecified atom stereocenters. The predicted molar refractivity (Wildman–Crippen MR) is 118 cm³/mol. The molecule has 0 bridgehead atoms. The zero-order valence-corrected chi connectivity index (χ0v) is 17.7. The minimum absolute atomic E-state index is 0.00811. The summed E-state index contributed by atoms with van der Waals surface area (Å²) in [5, 5.41) is 10.5. The summed E-state index contributed by atoms with van der Waals surface area (Å²) in [6, 6.07) is 10.7. The minimum atomic E-state index is -0.00811. The molecule has 0 spiro atoms. The van der Waals surface area contributed by atoms with E-state index in [1.807, 2.05) is 24.0 Å². The van der Waals surface area contributed by atoms with Crippen molar-refractivity contribution >= 4 is 45.7 Å². The molecule has 1 aromatic heterocycles. The van der Waals surface area contributed by atoms with Gasteiger partial charge >= 0.3 is 0 Å². The van der Waals surface area contributed by atoms with Crippen molar-refractivity contribution in [3.63, 3.8) is 0 Å². The number of carbonyl (C=O) groups excluding carboxylic acids is 1. The van der Waals surface area contributed by atoms with E-state index >= 15 is 0 Å². The van der Waals surface area contributed by atoms with Crippen LogP contribution < -0.4 is 0 Å². The number of carbonyl (C=O) groups is 1. The molecule has 5 nitrogen and oxygen atoms in total. The summed E-state index contributed by atoms with van der Waals surface area (Å²) in [5.74, 6) is 0.195. The van der Waals surface area contributed by atoms with Gasteiger partial charge in [-0.1, -0.05) is 43.0 Å². The molecule has 1 aromatic carbocycles. The van der Waals surface area contributed by atoms with Gasteiger partial charge in [0, 0.05) is 12.2 Å². The van der Waals surface area contributed by atoms with E-state index in [0.29, 0.717) is 20.9 Å². The molecule has 7 heteroatoms. The Bertz CT molecular complexity index is 982. The van der Waals surface area contributed by atoms with Gasteiger partial charge in [-0.25, -0.2) is 9.98 Å². The van der Waals surface area contributed by atoms with Crippen LogP contribution in [0.1, 0.15) is 44.6 Å². The maximum Gasteiger partial charge on any atom is 0.267 e. The Labute approximate surface area is 179 Å². The first-order chi connectivity index (χ1) is 14.0. The van der Waals surface area contributed by atoms with Crippen molar-refractivity contribution in [2.24, 2.45) is 4.99 Å². The summed E-state index contributed by atoms with van der Waals surface area (Å²) >= 11 is 7.60. The maximum absolute atomic E-state index is 13.4. The highest BCUT2D eigenvalue weighted by Gasteiger charge is 2.39. The number of phenolic OH excluding ortho intramolecular Hbond substituents is 1. The summed E-state index contributed by atoms with van der Waals surface area (Å²) < 4.78 is 0. The number of aromatic nitrogens is 1. The van der Waals surface area contributed by atoms with Crippen LogP contribution in [0.2, 0.25) is 5.15 Å². The third-order valence-electron chi connectivity index (χ3n) is 5.35. The second-order valence-corrected chi connectivity index (χ2v) is 8.61. The fourth-order valence-corrected chi connectivity index (χ4v) is 5.04. The van der Waals surface area contributed by atoms with Crippen molar-refractivity contribution in [1.29, 1.82) is 0 Å². The van der Waals surface area contributed by atoms with Crippen LogP contribution in [0.15, 0.2) is 52.5 Å². The zero-order valence-electron chi connectivity index (χ0n) is 16.1. The zero-order chi connectivity index (χ0) is 20.4. The summed E-state index contributed by atoms with van der Waals surface area (Å²) in [7, 11) is 0. The summed E-state index contributed by atoms with van der Waals surface area (Å²) in [4.78, 5) is 24.8. The number of aromatic hydroxyl groups is 1. The number of hydrogen-bond donors (Lipinski definition) is 1. The van der Waals surface area contributed by atoms with Crippen LogP contribution >= 0.6 is 23.4 Å². The molecule has 29 heavy (non-hydrogen) atoms. The van der Waals surface area contributed by atoms with E-state index in [-0.39, 0.29) is 17.7 Å². The van der Waals surface area contributed by atoms with Gasteiger partial charge in [0.15, 0.2) is 10.3 Å². The monoisotopic (exact) mass is 427 g/mol. The van der Waals surface area contributed by atoms with Gasteiger partial charge in [0.25, 0.3) is 5.91 Å². The Balaban J connectivity index is 1.76. The van der Waals surface area contributed by atoms with E-state index in [2.05, 4.69) is 4.98 Å². The molecule has 0 radical (unpaired) electrons. The first kappa shape index (κ1) is 20.0. The second kappa shape index (κ2) is 8.59. The number of benzene rings is 1. The number of amides is 1. The van der Waals surface area contributed by atoms with Crippen LogP contribution in [0.25, 0.3) is 5.57 Å². The van der Waals surface area contributed by atoms with Crippen LogP contribution in [0.4, 0.5) is 5.69 Å². The van der Waals surface area contributed by atoms with E-state index in [0.717, 1.165) is 36.8 Å². The SMILES string of the molecule is C/C(=C1/SC(=Nc2cccnc2Cl)N(C2CCCCC2)C1=O)c1ccc(O)cc1. The molecule has 1 saturated heterocycles. The fourth-order valence-electron chi connectivity index (χ4n) is 3.76. The van der Waals surface area contributed by atoms with Crippen LogP contribution in [0.3, 0.4) is 0 Å². The highest BCUT2D eigenvalue weighted by molar-refractivity contribution is 8.18. The molecule has 1 saturated carbocycles. The van der Waals surface area contributed by atoms with Gasteiger partial charge in [-0.2, -0.15) is 0 Å². The predicted octanol–water partition coefficient (Wildman–Crippen LogP) is 5.77. The van der Waals surface area contributed by atoms with Crippen molar-refractivity contribution in [2.45, 2.75) is 45.1 Å². The van der Waals surface area contributed by atoms with Crippen molar-refractivity contribution in [3.05, 3.63) is 58.2 Å². The standard InChI is InChI=1S/C22H22ClN3O2S/c1-14(15-9-11-17(27)12-10-15)19-21(28)26(16-6-3-2-4-7-16)22(29-19)25-18-8-5-13-24-20(18)23/h5,8-13,16,27H,2-4,6-7H2,1H3/b19-14-,25-22?. The van der Waals surface area contributed by atoms with Gasteiger partial charge in [-0.3, -0.25) is 9.69 Å². The lowest BCUT2D eigenvalue weighted by Gasteiger charge is -2.30. The molecular formula is C22H22ClN3O2S. The van der Waals surface area contributed by atoms with E-state index < -0.39 is 0 Å². The molecule has 1 amide bonds. The average molecular weight is 428 g/mol. The molecule has 0 atom stereocenters. The number of phenols is 1. The van der Waals surface area contributed by atoms with E-state index in [1.54, 1.807) is 30.5 Å². The molecule has 2 heterocycles. The van der Waals surface area contributed by atoms with Crippen molar-refractivity contribution in [2.75, 3.05) is 0 Å². The molecule has 2 aliphatic rings. The molecule has 1 aliphatic carbocycles. The third-order valence-corrected chi connectivity index (χ3v) is 6.80. The second-order valence-electron chi connectivity index (χ2n) is 7.28. The van der Waals surface area contributed by atoms with Crippen molar-refractivity contribution in [1.82, 2.24) is 9.88 Å². The highest BCUT2D eigenvalue weighted by atomic mass is 35.5. The molecule has 150 valence electrons. The third kappa shape index (κ3) is 4.19. The summed E-state index contributed by atoms with van der Waals surface area (Å²) in [6.07, 6.45) is 7.04. The topological polar surface area (TPSA) is 65.8 Å². The number of rotatable bonds is 3. The number of nitrogens with zero attached hydrogens (tertiary/aromatic N) is 3. The highest BCUT2D eigenvalue weighted by Crippen LogP contribution is 2.41. The van der Waals surface area contributed by atoms with E-state index in [9.17, 15) is 9.90 Å². The Hall–Kier alpha value is -2.31. The smallest absolute Gasteiger partial charge is 0.267 e. The Morgan fingerprint density at radius 2 is 1.93 bits per heavy atom. The molecule has 2 aromatic rings. The number of halogens is 1. The number of pyridine rings is 1. The molecule has 1 aliphatic heterocycles. The number of hydrogen-bond acceptors (Lipinski definition) is 5. The van der Waals surface area contributed by atoms with Gasteiger partial charge in [0.1, 0.15) is 11.4 Å². The lowest BCUT2D eigenvalue weighted by Crippen LogP contribution is -2.40. The molecule has 2 fully saturated rings. The minimum Gasteiger partial charge on any atom is -0.508 e. The largest absolute Gasteiger partial charge is 0.508 e. The Kier molecular flexibility index (Phi) is 5.92. The number of allylic oxidation sites excluding steroid dienone is 1. The molecular weight excluding hydrogens is 406 g/mol. The lowest BCUT2D eigenvalue weighted by atomic mass is 9.94. The quantitative estimate of drug-likeness (QED) is 0.499. The van der Waals surface area contributed by atoms with Crippen LogP contribution in [0.5, 0.6) is 5.75 Å². The van der Waals surface area contributed by atoms with E-state index in [4.69, 9.17) is 16.6 Å². The van der Waals surface area contributed by atoms with Crippen molar-refractivity contribution in [3.8, 4) is 5.75 Å². The fraction of sp³-hybridized carbons (Fsp3) is 0.318. The number of amidine groups is 1. The van der Waals surface area contributed by atoms with Gasteiger partial charge in [0.05, 0.1) is 4.91 Å². The van der Waals surface area contributed by atoms with Crippen LogP contribution in [-0.2, 0) is 4.79 Å². The Morgan fingerprint density at radius 3 is 2.62 bits per heavy atom. The van der Waals surface area contributed by atoms with Gasteiger partial charge in [0.2, 0.25) is 0 Å². The Morgan fingerprint density at radius 1 is 1.21 bits per heavy atom. The summed E-state index contributed by atoms with van der Waals surface area (Å²) in [6.45, 7) is 1.94. The molecule has 1 N–H and O–H groups in total. The first-order valence-electron chi connectivity index (χ1n) is 9.75. The van der Waals surface area contributed by atoms with Gasteiger partial charge in [-0.15, -0.1) is 0 Å². The first-order valence-corrected chi connectivity index (χ1v) is 10.9. The molecule has 4 rings (SSSR count). The number of thioether (sulfide) groups is 1. The summed E-state index contributed by atoms with van der Waals surface area (Å²) in [5.41, 5.74) is 2.35. The van der Waals surface area contributed by atoms with Crippen LogP contribution in [-0.4, -0.2) is 32.1 Å². The van der Waals surface area contributed by atoms with Crippen molar-refractivity contribution < 1.29 is 9.90 Å². The lowest BCUT2D eigenvalue weighted by molar-refractivity contribution is -0.124. The normalized spacial score (nSPS) is 21.1. The van der Waals surface area contributed by atoms with Gasteiger partial charge in [-0.05, 0) is 66.9 Å². The van der Waals surface area contributed by atoms with Gasteiger partial charge < -0.3 is 5.11 Å². The van der Waals surface area contributed by atoms with E-state index in [1.165, 1.54) is 18.2 Å². The average Bonchev–Trinajstić information content (AvgIpc) is 3.06.